The van der Waals surface area contributed by atoms with Crippen molar-refractivity contribution in [3.05, 3.63) is 23.8 Å². The van der Waals surface area contributed by atoms with Crippen LogP contribution < -0.4 is 11.1 Å². The zero-order valence-corrected chi connectivity index (χ0v) is 12.5. The SMILES string of the molecule is CCOC(=O)c1cccc(NCCCS(C)(=O)=O)c1N. The molecular formula is C13H20N2O4S. The number of rotatable bonds is 7. The summed E-state index contributed by atoms with van der Waals surface area (Å²) in [6.45, 7) is 2.47. The Balaban J connectivity index is 2.67. The Morgan fingerprint density at radius 2 is 2.10 bits per heavy atom. The molecule has 1 aromatic carbocycles. The van der Waals surface area contributed by atoms with Crippen LogP contribution in [0.5, 0.6) is 0 Å². The zero-order valence-electron chi connectivity index (χ0n) is 11.7. The fraction of sp³-hybridized carbons (Fsp3) is 0.462. The third-order valence-electron chi connectivity index (χ3n) is 2.61. The number of esters is 1. The number of nitrogens with two attached hydrogens (primary N) is 1. The van der Waals surface area contributed by atoms with Gasteiger partial charge in [0, 0.05) is 12.8 Å². The van der Waals surface area contributed by atoms with Gasteiger partial charge in [0.1, 0.15) is 9.84 Å². The lowest BCUT2D eigenvalue weighted by atomic mass is 10.1. The van der Waals surface area contributed by atoms with Gasteiger partial charge in [0.25, 0.3) is 0 Å². The Kier molecular flexibility index (Phi) is 5.82. The molecule has 112 valence electrons. The summed E-state index contributed by atoms with van der Waals surface area (Å²) in [6, 6.07) is 5.02. The van der Waals surface area contributed by atoms with Gasteiger partial charge >= 0.3 is 5.97 Å². The molecule has 0 bridgehead atoms. The summed E-state index contributed by atoms with van der Waals surface area (Å²) in [5.74, 6) is -0.359. The van der Waals surface area contributed by atoms with E-state index in [1.807, 2.05) is 0 Å². The van der Waals surface area contributed by atoms with Crippen LogP contribution in [0.15, 0.2) is 18.2 Å². The van der Waals surface area contributed by atoms with Crippen molar-refractivity contribution in [1.82, 2.24) is 0 Å². The Morgan fingerprint density at radius 1 is 1.40 bits per heavy atom. The molecule has 0 spiro atoms. The van der Waals surface area contributed by atoms with Gasteiger partial charge in [-0.3, -0.25) is 0 Å². The van der Waals surface area contributed by atoms with E-state index < -0.39 is 15.8 Å². The van der Waals surface area contributed by atoms with Crippen LogP contribution in [0, 0.1) is 0 Å². The number of hydrogen-bond donors (Lipinski definition) is 2. The van der Waals surface area contributed by atoms with Crippen LogP contribution in [-0.4, -0.2) is 39.5 Å². The normalized spacial score (nSPS) is 11.1. The van der Waals surface area contributed by atoms with Crippen molar-refractivity contribution < 1.29 is 17.9 Å². The molecule has 0 aliphatic rings. The molecule has 0 aliphatic carbocycles. The predicted octanol–water partition coefficient (Wildman–Crippen LogP) is 1.29. The second kappa shape index (κ2) is 7.14. The fourth-order valence-corrected chi connectivity index (χ4v) is 2.33. The van der Waals surface area contributed by atoms with Crippen molar-refractivity contribution in [2.75, 3.05) is 36.2 Å². The summed E-state index contributed by atoms with van der Waals surface area (Å²) in [5.41, 5.74) is 7.12. The van der Waals surface area contributed by atoms with E-state index in [9.17, 15) is 13.2 Å². The maximum Gasteiger partial charge on any atom is 0.340 e. The number of anilines is 2. The Morgan fingerprint density at radius 3 is 2.70 bits per heavy atom. The third-order valence-corrected chi connectivity index (χ3v) is 3.64. The summed E-state index contributed by atoms with van der Waals surface area (Å²) in [7, 11) is -2.96. The van der Waals surface area contributed by atoms with Gasteiger partial charge in [0.2, 0.25) is 0 Å². The smallest absolute Gasteiger partial charge is 0.340 e. The number of sulfone groups is 1. The number of carbonyl (C=O) groups excluding carboxylic acids is 1. The topological polar surface area (TPSA) is 98.5 Å². The molecule has 0 atom stereocenters. The maximum absolute atomic E-state index is 11.7. The van der Waals surface area contributed by atoms with Crippen molar-refractivity contribution in [3.63, 3.8) is 0 Å². The van der Waals surface area contributed by atoms with E-state index in [1.54, 1.807) is 25.1 Å². The largest absolute Gasteiger partial charge is 0.462 e. The van der Waals surface area contributed by atoms with E-state index in [0.29, 0.717) is 29.9 Å². The summed E-state index contributed by atoms with van der Waals surface area (Å²) >= 11 is 0. The van der Waals surface area contributed by atoms with Gasteiger partial charge in [-0.2, -0.15) is 0 Å². The number of ether oxygens (including phenoxy) is 1. The molecule has 0 fully saturated rings. The van der Waals surface area contributed by atoms with Crippen molar-refractivity contribution >= 4 is 27.2 Å². The number of benzene rings is 1. The first-order valence-electron chi connectivity index (χ1n) is 6.32. The van der Waals surface area contributed by atoms with Crippen LogP contribution in [0.1, 0.15) is 23.7 Å². The maximum atomic E-state index is 11.7. The van der Waals surface area contributed by atoms with Crippen LogP contribution in [0.2, 0.25) is 0 Å². The van der Waals surface area contributed by atoms with Crippen molar-refractivity contribution in [3.8, 4) is 0 Å². The van der Waals surface area contributed by atoms with Crippen molar-refractivity contribution in [1.29, 1.82) is 0 Å². The second-order valence-corrected chi connectivity index (χ2v) is 6.66. The fourth-order valence-electron chi connectivity index (χ4n) is 1.66. The average Bonchev–Trinajstić information content (AvgIpc) is 2.35. The van der Waals surface area contributed by atoms with Crippen LogP contribution >= 0.6 is 0 Å². The molecule has 3 N–H and O–H groups in total. The standard InChI is InChI=1S/C13H20N2O4S/c1-3-19-13(16)10-6-4-7-11(12(10)14)15-8-5-9-20(2,17)18/h4,6-7,15H,3,5,8-9,14H2,1-2H3. The molecule has 0 aliphatic heterocycles. The van der Waals surface area contributed by atoms with Crippen LogP contribution in [0.3, 0.4) is 0 Å². The molecule has 6 nitrogen and oxygen atoms in total. The van der Waals surface area contributed by atoms with Crippen molar-refractivity contribution in [2.45, 2.75) is 13.3 Å². The van der Waals surface area contributed by atoms with E-state index in [-0.39, 0.29) is 12.4 Å². The average molecular weight is 300 g/mol. The van der Waals surface area contributed by atoms with Gasteiger partial charge in [-0.15, -0.1) is 0 Å². The molecule has 20 heavy (non-hydrogen) atoms. The van der Waals surface area contributed by atoms with Crippen LogP contribution in [0.25, 0.3) is 0 Å². The highest BCUT2D eigenvalue weighted by atomic mass is 32.2. The molecule has 7 heteroatoms. The lowest BCUT2D eigenvalue weighted by Crippen LogP contribution is -2.13. The van der Waals surface area contributed by atoms with Gasteiger partial charge in [-0.05, 0) is 25.5 Å². The molecule has 0 heterocycles. The summed E-state index contributed by atoms with van der Waals surface area (Å²) in [4.78, 5) is 11.7. The van der Waals surface area contributed by atoms with Crippen LogP contribution in [-0.2, 0) is 14.6 Å². The highest BCUT2D eigenvalue weighted by Gasteiger charge is 2.13. The molecule has 0 unspecified atom stereocenters. The number of nitrogen functional groups attached to an aromatic ring is 1. The molecular weight excluding hydrogens is 280 g/mol. The summed E-state index contributed by atoms with van der Waals surface area (Å²) < 4.78 is 26.9. The van der Waals surface area contributed by atoms with E-state index in [0.717, 1.165) is 0 Å². The van der Waals surface area contributed by atoms with Gasteiger partial charge < -0.3 is 15.8 Å². The van der Waals surface area contributed by atoms with Gasteiger partial charge in [0.15, 0.2) is 0 Å². The Hall–Kier alpha value is -1.76. The highest BCUT2D eigenvalue weighted by molar-refractivity contribution is 7.90. The highest BCUT2D eigenvalue weighted by Crippen LogP contribution is 2.23. The first kappa shape index (κ1) is 16.3. The minimum atomic E-state index is -2.96. The second-order valence-electron chi connectivity index (χ2n) is 4.40. The lowest BCUT2D eigenvalue weighted by molar-refractivity contribution is 0.0527. The Bertz CT molecular complexity index is 570. The summed E-state index contributed by atoms with van der Waals surface area (Å²) in [6.07, 6.45) is 1.67. The molecule has 0 radical (unpaired) electrons. The van der Waals surface area contributed by atoms with E-state index in [1.165, 1.54) is 6.26 Å². The minimum Gasteiger partial charge on any atom is -0.462 e. The van der Waals surface area contributed by atoms with Gasteiger partial charge in [-0.25, -0.2) is 13.2 Å². The van der Waals surface area contributed by atoms with Gasteiger partial charge in [-0.1, -0.05) is 6.07 Å². The van der Waals surface area contributed by atoms with Crippen molar-refractivity contribution in [2.24, 2.45) is 0 Å². The summed E-state index contributed by atoms with van der Waals surface area (Å²) in [5, 5.41) is 3.03. The van der Waals surface area contributed by atoms with Gasteiger partial charge in [0.05, 0.1) is 29.3 Å². The molecule has 1 aromatic rings. The number of nitrogens with one attached hydrogen (secondary N) is 1. The monoisotopic (exact) mass is 300 g/mol. The molecule has 0 aromatic heterocycles. The third kappa shape index (κ3) is 5.08. The minimum absolute atomic E-state index is 0.109. The lowest BCUT2D eigenvalue weighted by Gasteiger charge is -2.12. The first-order valence-corrected chi connectivity index (χ1v) is 8.38. The Labute approximate surface area is 119 Å². The van der Waals surface area contributed by atoms with E-state index in [2.05, 4.69) is 5.32 Å². The molecule has 0 amide bonds. The molecule has 0 saturated heterocycles. The molecule has 1 rings (SSSR count). The predicted molar refractivity (Wildman–Crippen MR) is 79.6 cm³/mol. The quantitative estimate of drug-likeness (QED) is 0.447. The number of carbonyl (C=O) groups is 1. The number of para-hydroxylation sites is 1. The van der Waals surface area contributed by atoms with E-state index >= 15 is 0 Å². The first-order chi connectivity index (χ1) is 9.35. The molecule has 0 saturated carbocycles. The number of hydrogen-bond acceptors (Lipinski definition) is 6. The van der Waals surface area contributed by atoms with Crippen LogP contribution in [0.4, 0.5) is 11.4 Å². The van der Waals surface area contributed by atoms with E-state index in [4.69, 9.17) is 10.5 Å². The zero-order chi connectivity index (χ0) is 15.2.